The minimum Gasteiger partial charge on any atom is -0.384 e. The summed E-state index contributed by atoms with van der Waals surface area (Å²) in [5.41, 5.74) is 3.73. The fraction of sp³-hybridized carbons (Fsp3) is 0.400. The summed E-state index contributed by atoms with van der Waals surface area (Å²) in [5, 5.41) is 8.50. The molecule has 3 aromatic rings. The molecule has 3 rings (SSSR count). The first-order valence-electron chi connectivity index (χ1n) is 9.14. The third-order valence-corrected chi connectivity index (χ3v) is 4.61. The van der Waals surface area contributed by atoms with Crippen molar-refractivity contribution in [1.82, 2.24) is 24.8 Å². The third-order valence-electron chi connectivity index (χ3n) is 4.61. The maximum absolute atomic E-state index is 12.7. The van der Waals surface area contributed by atoms with Gasteiger partial charge >= 0.3 is 0 Å². The van der Waals surface area contributed by atoms with Crippen molar-refractivity contribution in [3.63, 3.8) is 0 Å². The number of hydrogen-bond acceptors (Lipinski definition) is 6. The molecule has 0 aliphatic carbocycles. The van der Waals surface area contributed by atoms with Crippen LogP contribution in [0.15, 0.2) is 34.9 Å². The van der Waals surface area contributed by atoms with Crippen LogP contribution in [-0.4, -0.2) is 51.5 Å². The van der Waals surface area contributed by atoms with Crippen molar-refractivity contribution in [2.75, 3.05) is 20.8 Å². The summed E-state index contributed by atoms with van der Waals surface area (Å²) in [5.74, 6) is 0.958. The number of amides is 1. The van der Waals surface area contributed by atoms with Gasteiger partial charge in [-0.2, -0.15) is 10.1 Å². The van der Waals surface area contributed by atoms with Crippen LogP contribution in [0, 0.1) is 13.8 Å². The molecule has 1 amide bonds. The van der Waals surface area contributed by atoms with Crippen LogP contribution in [-0.2, 0) is 28.9 Å². The SMILES string of the molecule is COCCc1noc(CN(C)C(=O)Cc2c(C)nn(-c3ccccc3)c2C)n1. The van der Waals surface area contributed by atoms with E-state index in [4.69, 9.17) is 9.26 Å². The Morgan fingerprint density at radius 2 is 2.00 bits per heavy atom. The smallest absolute Gasteiger partial charge is 0.246 e. The Balaban J connectivity index is 1.67. The number of methoxy groups -OCH3 is 1. The normalized spacial score (nSPS) is 11.0. The van der Waals surface area contributed by atoms with Crippen molar-refractivity contribution in [2.45, 2.75) is 33.2 Å². The van der Waals surface area contributed by atoms with Crippen LogP contribution in [0.1, 0.15) is 28.7 Å². The fourth-order valence-electron chi connectivity index (χ4n) is 2.98. The van der Waals surface area contributed by atoms with Gasteiger partial charge < -0.3 is 14.2 Å². The number of para-hydroxylation sites is 1. The van der Waals surface area contributed by atoms with Crippen molar-refractivity contribution < 1.29 is 14.1 Å². The van der Waals surface area contributed by atoms with Crippen molar-refractivity contribution in [1.29, 1.82) is 0 Å². The van der Waals surface area contributed by atoms with E-state index < -0.39 is 0 Å². The van der Waals surface area contributed by atoms with Crippen LogP contribution in [0.2, 0.25) is 0 Å². The molecule has 2 heterocycles. The largest absolute Gasteiger partial charge is 0.384 e. The predicted octanol–water partition coefficient (Wildman–Crippen LogP) is 2.26. The van der Waals surface area contributed by atoms with E-state index >= 15 is 0 Å². The van der Waals surface area contributed by atoms with E-state index in [1.54, 1.807) is 19.1 Å². The van der Waals surface area contributed by atoms with E-state index in [9.17, 15) is 4.79 Å². The molecule has 0 radical (unpaired) electrons. The average Bonchev–Trinajstić information content (AvgIpc) is 3.26. The molecule has 8 nitrogen and oxygen atoms in total. The number of carbonyl (C=O) groups is 1. The van der Waals surface area contributed by atoms with Gasteiger partial charge in [-0.25, -0.2) is 4.68 Å². The Morgan fingerprint density at radius 3 is 2.71 bits per heavy atom. The number of rotatable bonds is 8. The molecule has 0 saturated heterocycles. The standard InChI is InChI=1S/C20H25N5O3/c1-14-17(15(2)25(22-14)16-8-6-5-7-9-16)12-20(26)24(3)13-19-21-18(23-28-19)10-11-27-4/h5-9H,10-13H2,1-4H3. The van der Waals surface area contributed by atoms with Gasteiger partial charge in [-0.1, -0.05) is 23.4 Å². The molecule has 8 heteroatoms. The minimum absolute atomic E-state index is 0.0320. The summed E-state index contributed by atoms with van der Waals surface area (Å²) in [6.45, 7) is 4.70. The molecule has 0 bridgehead atoms. The van der Waals surface area contributed by atoms with Gasteiger partial charge in [-0.15, -0.1) is 0 Å². The Hall–Kier alpha value is -3.00. The number of aryl methyl sites for hydroxylation is 1. The lowest BCUT2D eigenvalue weighted by Crippen LogP contribution is -2.28. The van der Waals surface area contributed by atoms with Gasteiger partial charge in [-0.3, -0.25) is 4.79 Å². The predicted molar refractivity (Wildman–Crippen MR) is 103 cm³/mol. The molecule has 0 fully saturated rings. The summed E-state index contributed by atoms with van der Waals surface area (Å²) < 4.78 is 12.1. The maximum atomic E-state index is 12.7. The zero-order valence-electron chi connectivity index (χ0n) is 16.7. The fourth-order valence-corrected chi connectivity index (χ4v) is 2.98. The molecule has 2 aromatic heterocycles. The highest BCUT2D eigenvalue weighted by atomic mass is 16.5. The lowest BCUT2D eigenvalue weighted by Gasteiger charge is -2.15. The van der Waals surface area contributed by atoms with Gasteiger partial charge in [-0.05, 0) is 26.0 Å². The third kappa shape index (κ3) is 4.45. The number of ether oxygens (including phenoxy) is 1. The molecule has 0 aliphatic heterocycles. The van der Waals surface area contributed by atoms with Gasteiger partial charge in [0.15, 0.2) is 5.82 Å². The second kappa shape index (κ2) is 8.79. The zero-order chi connectivity index (χ0) is 20.1. The van der Waals surface area contributed by atoms with Gasteiger partial charge in [0.2, 0.25) is 11.8 Å². The van der Waals surface area contributed by atoms with Crippen molar-refractivity contribution in [3.05, 3.63) is 59.0 Å². The van der Waals surface area contributed by atoms with Crippen LogP contribution in [0.3, 0.4) is 0 Å². The summed E-state index contributed by atoms with van der Waals surface area (Å²) in [6, 6.07) is 9.89. The second-order valence-electron chi connectivity index (χ2n) is 6.67. The number of benzene rings is 1. The van der Waals surface area contributed by atoms with Crippen LogP contribution in [0.25, 0.3) is 5.69 Å². The van der Waals surface area contributed by atoms with Gasteiger partial charge in [0.1, 0.15) is 0 Å². The maximum Gasteiger partial charge on any atom is 0.246 e. The molecular formula is C20H25N5O3. The van der Waals surface area contributed by atoms with Crippen LogP contribution >= 0.6 is 0 Å². The second-order valence-corrected chi connectivity index (χ2v) is 6.67. The first-order chi connectivity index (χ1) is 13.5. The van der Waals surface area contributed by atoms with Gasteiger partial charge in [0.05, 0.1) is 31.0 Å². The Labute approximate surface area is 164 Å². The molecule has 148 valence electrons. The minimum atomic E-state index is -0.0320. The van der Waals surface area contributed by atoms with Crippen LogP contribution in [0.4, 0.5) is 0 Å². The van der Waals surface area contributed by atoms with E-state index in [0.717, 1.165) is 22.6 Å². The highest BCUT2D eigenvalue weighted by Gasteiger charge is 2.19. The highest BCUT2D eigenvalue weighted by molar-refractivity contribution is 5.79. The lowest BCUT2D eigenvalue weighted by molar-refractivity contribution is -0.130. The highest BCUT2D eigenvalue weighted by Crippen LogP contribution is 2.19. The molecule has 0 aliphatic rings. The van der Waals surface area contributed by atoms with Gasteiger partial charge in [0.25, 0.3) is 0 Å². The first kappa shape index (κ1) is 19.8. The molecule has 0 unspecified atom stereocenters. The van der Waals surface area contributed by atoms with E-state index in [0.29, 0.717) is 24.7 Å². The average molecular weight is 383 g/mol. The van der Waals surface area contributed by atoms with E-state index in [1.807, 2.05) is 48.9 Å². The Morgan fingerprint density at radius 1 is 1.25 bits per heavy atom. The summed E-state index contributed by atoms with van der Waals surface area (Å²) in [4.78, 5) is 18.6. The van der Waals surface area contributed by atoms with E-state index in [2.05, 4.69) is 15.2 Å². The van der Waals surface area contributed by atoms with Crippen molar-refractivity contribution in [2.24, 2.45) is 0 Å². The van der Waals surface area contributed by atoms with Crippen LogP contribution < -0.4 is 0 Å². The molecule has 0 atom stereocenters. The van der Waals surface area contributed by atoms with E-state index in [1.165, 1.54) is 0 Å². The molecule has 0 N–H and O–H groups in total. The monoisotopic (exact) mass is 383 g/mol. The lowest BCUT2D eigenvalue weighted by atomic mass is 10.1. The molecular weight excluding hydrogens is 358 g/mol. The van der Waals surface area contributed by atoms with E-state index in [-0.39, 0.29) is 18.9 Å². The Kier molecular flexibility index (Phi) is 6.20. The number of likely N-dealkylation sites (N-methyl/N-ethyl adjacent to an activating group) is 1. The number of aromatic nitrogens is 4. The number of nitrogens with zero attached hydrogens (tertiary/aromatic N) is 5. The zero-order valence-corrected chi connectivity index (χ0v) is 16.7. The topological polar surface area (TPSA) is 86.3 Å². The molecule has 0 saturated carbocycles. The Bertz CT molecular complexity index is 933. The van der Waals surface area contributed by atoms with Crippen molar-refractivity contribution in [3.8, 4) is 5.69 Å². The summed E-state index contributed by atoms with van der Waals surface area (Å²) in [7, 11) is 3.35. The quantitative estimate of drug-likeness (QED) is 0.593. The van der Waals surface area contributed by atoms with Gasteiger partial charge in [0, 0.05) is 31.8 Å². The molecule has 28 heavy (non-hydrogen) atoms. The summed E-state index contributed by atoms with van der Waals surface area (Å²) in [6.07, 6.45) is 0.848. The molecule has 1 aromatic carbocycles. The van der Waals surface area contributed by atoms with Crippen LogP contribution in [0.5, 0.6) is 0 Å². The number of hydrogen-bond donors (Lipinski definition) is 0. The van der Waals surface area contributed by atoms with Crippen molar-refractivity contribution >= 4 is 5.91 Å². The molecule has 0 spiro atoms. The number of carbonyl (C=O) groups excluding carboxylic acids is 1. The first-order valence-corrected chi connectivity index (χ1v) is 9.14. The summed E-state index contributed by atoms with van der Waals surface area (Å²) >= 11 is 0.